The Labute approximate surface area is 160 Å². The Bertz CT molecular complexity index is 601. The molecule has 3 N–H and O–H groups in total. The first-order valence-electron chi connectivity index (χ1n) is 7.81. The smallest absolute Gasteiger partial charge is 0.326 e. The van der Waals surface area contributed by atoms with Crippen molar-refractivity contribution in [2.24, 2.45) is 5.73 Å². The Morgan fingerprint density at radius 2 is 1.40 bits per heavy atom. The van der Waals surface area contributed by atoms with E-state index in [0.717, 1.165) is 6.42 Å². The monoisotopic (exact) mass is 468 g/mol. The molecule has 146 valence electrons. The molecule has 0 heterocycles. The molecule has 2 rings (SSSR count). The normalized spacial score (nSPS) is 20.9. The van der Waals surface area contributed by atoms with Gasteiger partial charge in [-0.15, -0.1) is 0 Å². The number of benzene rings is 1. The molecular formula is C16H25F3N2O2RuS. The van der Waals surface area contributed by atoms with Crippen LogP contribution in [0.3, 0.4) is 0 Å². The van der Waals surface area contributed by atoms with E-state index < -0.39 is 27.6 Å². The molecule has 9 heteroatoms. The van der Waals surface area contributed by atoms with Crippen molar-refractivity contribution < 1.29 is 41.1 Å². The first-order valence-corrected chi connectivity index (χ1v) is 9.30. The maximum Gasteiger partial charge on any atom is 0.511 e. The van der Waals surface area contributed by atoms with Gasteiger partial charge in [0.1, 0.15) is 0 Å². The molecule has 1 saturated carbocycles. The average Bonchev–Trinajstić information content (AvgIpc) is 2.39. The molecule has 25 heavy (non-hydrogen) atoms. The maximum absolute atomic E-state index is 12.0. The molecule has 1 aliphatic rings. The van der Waals surface area contributed by atoms with Crippen molar-refractivity contribution in [1.29, 1.82) is 0 Å². The van der Waals surface area contributed by atoms with E-state index in [1.807, 2.05) is 0 Å². The van der Waals surface area contributed by atoms with E-state index in [0.29, 0.717) is 19.3 Å². The molecule has 0 amide bonds. The largest absolute Gasteiger partial charge is 0.511 e. The maximum atomic E-state index is 12.0. The van der Waals surface area contributed by atoms with Crippen LogP contribution in [-0.4, -0.2) is 26.0 Å². The summed E-state index contributed by atoms with van der Waals surface area (Å²) >= 11 is 0. The number of nitrogens with one attached hydrogen (secondary N) is 1. The Hall–Kier alpha value is -0.497. The van der Waals surface area contributed by atoms with Crippen LogP contribution in [0.25, 0.3) is 0 Å². The van der Waals surface area contributed by atoms with Crippen LogP contribution in [0.15, 0.2) is 18.2 Å². The zero-order valence-electron chi connectivity index (χ0n) is 14.5. The molecule has 1 aromatic carbocycles. The van der Waals surface area contributed by atoms with Crippen LogP contribution in [0.1, 0.15) is 42.4 Å². The summed E-state index contributed by atoms with van der Waals surface area (Å²) in [5.74, 6) is 0. The van der Waals surface area contributed by atoms with Crippen molar-refractivity contribution in [2.45, 2.75) is 64.0 Å². The summed E-state index contributed by atoms with van der Waals surface area (Å²) in [6.07, 6.45) is 2.42. The van der Waals surface area contributed by atoms with Crippen LogP contribution >= 0.6 is 0 Å². The molecule has 0 radical (unpaired) electrons. The summed E-state index contributed by atoms with van der Waals surface area (Å²) in [5.41, 5.74) is 4.34. The van der Waals surface area contributed by atoms with Gasteiger partial charge in [0.25, 0.3) is 0 Å². The molecule has 1 aliphatic carbocycles. The van der Waals surface area contributed by atoms with E-state index in [-0.39, 0.29) is 19.5 Å². The van der Waals surface area contributed by atoms with E-state index in [1.165, 1.54) is 16.7 Å². The van der Waals surface area contributed by atoms with Crippen LogP contribution < -0.4 is 10.5 Å². The van der Waals surface area contributed by atoms with Gasteiger partial charge in [-0.3, -0.25) is 0 Å². The molecule has 0 saturated heterocycles. The van der Waals surface area contributed by atoms with Gasteiger partial charge >= 0.3 is 15.5 Å². The van der Waals surface area contributed by atoms with Gasteiger partial charge in [0, 0.05) is 31.6 Å². The minimum Gasteiger partial charge on any atom is -0.326 e. The fourth-order valence-corrected chi connectivity index (χ4v) is 3.60. The summed E-state index contributed by atoms with van der Waals surface area (Å²) in [4.78, 5) is 0. The van der Waals surface area contributed by atoms with Crippen LogP contribution in [0.4, 0.5) is 13.2 Å². The number of alkyl halides is 3. The Balaban J connectivity index is 0.000000495. The van der Waals surface area contributed by atoms with Gasteiger partial charge in [-0.1, -0.05) is 47.7 Å². The quantitative estimate of drug-likeness (QED) is 0.656. The summed E-state index contributed by atoms with van der Waals surface area (Å²) < 4.78 is 59.2. The third-order valence-electron chi connectivity index (χ3n) is 3.80. The van der Waals surface area contributed by atoms with Gasteiger partial charge in [0.05, 0.1) is 0 Å². The van der Waals surface area contributed by atoms with Gasteiger partial charge < -0.3 is 5.73 Å². The molecule has 1 fully saturated rings. The van der Waals surface area contributed by atoms with E-state index in [4.69, 9.17) is 5.73 Å². The fourth-order valence-electron chi connectivity index (χ4n) is 2.77. The van der Waals surface area contributed by atoms with Crippen LogP contribution in [0.5, 0.6) is 0 Å². The van der Waals surface area contributed by atoms with Gasteiger partial charge in [-0.05, 0) is 33.6 Å². The number of nitrogens with two attached hydrogens (primary N) is 1. The number of hydrogen-bond donors (Lipinski definition) is 2. The van der Waals surface area contributed by atoms with E-state index in [9.17, 15) is 21.6 Å². The summed E-state index contributed by atoms with van der Waals surface area (Å²) in [6, 6.07) is 5.23. The minimum absolute atomic E-state index is 0. The van der Waals surface area contributed by atoms with Gasteiger partial charge in [-0.2, -0.15) is 13.2 Å². The SMILES string of the molecule is Cc1cc(C)cc(C)c1.N[C@H]1CCCC[C@@H]1NS(=O)(=O)C(F)(F)F.[Ru]. The second-order valence-corrected chi connectivity index (χ2v) is 7.99. The van der Waals surface area contributed by atoms with Crippen LogP contribution in [0, 0.1) is 20.8 Å². The third kappa shape index (κ3) is 8.16. The van der Waals surface area contributed by atoms with E-state index in [1.54, 1.807) is 4.72 Å². The number of sulfonamides is 1. The predicted octanol–water partition coefficient (Wildman–Crippen LogP) is 3.30. The van der Waals surface area contributed by atoms with Crippen molar-refractivity contribution >= 4 is 10.0 Å². The van der Waals surface area contributed by atoms with E-state index in [2.05, 4.69) is 39.0 Å². The van der Waals surface area contributed by atoms with Gasteiger partial charge in [0.15, 0.2) is 0 Å². The summed E-state index contributed by atoms with van der Waals surface area (Å²) in [7, 11) is -5.26. The first kappa shape index (κ1) is 24.5. The molecule has 1 aromatic rings. The second-order valence-electron chi connectivity index (χ2n) is 6.29. The molecule has 0 unspecified atom stereocenters. The Morgan fingerprint density at radius 1 is 1.00 bits per heavy atom. The minimum atomic E-state index is -5.26. The molecule has 0 spiro atoms. The molecule has 0 aliphatic heterocycles. The fraction of sp³-hybridized carbons (Fsp3) is 0.625. The molecule has 2 atom stereocenters. The molecule has 4 nitrogen and oxygen atoms in total. The first-order chi connectivity index (χ1) is 10.9. The number of halogens is 3. The second kappa shape index (κ2) is 10.00. The van der Waals surface area contributed by atoms with Gasteiger partial charge in [-0.25, -0.2) is 13.1 Å². The van der Waals surface area contributed by atoms with Gasteiger partial charge in [0.2, 0.25) is 0 Å². The number of rotatable bonds is 2. The molecule has 0 aromatic heterocycles. The zero-order chi connectivity index (χ0) is 18.5. The van der Waals surface area contributed by atoms with Crippen LogP contribution in [0.2, 0.25) is 0 Å². The topological polar surface area (TPSA) is 72.2 Å². The van der Waals surface area contributed by atoms with Crippen molar-refractivity contribution in [3.8, 4) is 0 Å². The average molecular weight is 468 g/mol. The molecular weight excluding hydrogens is 442 g/mol. The number of hydrogen-bond acceptors (Lipinski definition) is 3. The zero-order valence-corrected chi connectivity index (χ0v) is 17.1. The van der Waals surface area contributed by atoms with Crippen LogP contribution in [-0.2, 0) is 29.5 Å². The standard InChI is InChI=1S/C9H12.C7H13F3N2O2S.Ru/c1-7-4-8(2)6-9(3)5-7;8-7(9,10)15(13,14)12-6-4-2-1-3-5(6)11;/h4-6H,1-3H3;5-6,12H,1-4,11H2;/t;5-,6-;/m.0./s1. The molecule has 0 bridgehead atoms. The van der Waals surface area contributed by atoms with E-state index >= 15 is 0 Å². The van der Waals surface area contributed by atoms with Crippen molar-refractivity contribution in [3.05, 3.63) is 34.9 Å². The van der Waals surface area contributed by atoms with Crippen molar-refractivity contribution in [3.63, 3.8) is 0 Å². The Kier molecular flexibility index (Phi) is 9.80. The summed E-state index contributed by atoms with van der Waals surface area (Å²) in [6.45, 7) is 6.38. The third-order valence-corrected chi connectivity index (χ3v) is 5.02. The Morgan fingerprint density at radius 3 is 1.76 bits per heavy atom. The number of aryl methyl sites for hydroxylation is 3. The summed E-state index contributed by atoms with van der Waals surface area (Å²) in [5, 5.41) is 0. The van der Waals surface area contributed by atoms with Crippen molar-refractivity contribution in [1.82, 2.24) is 4.72 Å². The van der Waals surface area contributed by atoms with Crippen molar-refractivity contribution in [2.75, 3.05) is 0 Å². The predicted molar refractivity (Wildman–Crippen MR) is 89.0 cm³/mol.